The summed E-state index contributed by atoms with van der Waals surface area (Å²) in [5.41, 5.74) is 2.05. The highest BCUT2D eigenvalue weighted by Crippen LogP contribution is 2.19. The van der Waals surface area contributed by atoms with Crippen LogP contribution in [0.4, 0.5) is 5.69 Å². The third kappa shape index (κ3) is 3.69. The SMILES string of the molecule is Cc1ccc(C(=O)OCC(=O)Nc2ccc3[nH]c(=O)[nH]c3c2)c(O)c1. The summed E-state index contributed by atoms with van der Waals surface area (Å²) in [5, 5.41) is 12.3. The number of benzene rings is 2. The summed E-state index contributed by atoms with van der Waals surface area (Å²) in [4.78, 5) is 40.2. The van der Waals surface area contributed by atoms with Crippen molar-refractivity contribution >= 4 is 28.6 Å². The Labute approximate surface area is 141 Å². The third-order valence-corrected chi connectivity index (χ3v) is 3.51. The Morgan fingerprint density at radius 2 is 1.88 bits per heavy atom. The number of ether oxygens (including phenoxy) is 1. The number of phenols is 1. The van der Waals surface area contributed by atoms with E-state index >= 15 is 0 Å². The van der Waals surface area contributed by atoms with Crippen molar-refractivity contribution in [3.63, 3.8) is 0 Å². The first kappa shape index (κ1) is 16.3. The number of rotatable bonds is 4. The van der Waals surface area contributed by atoms with E-state index in [0.717, 1.165) is 5.56 Å². The average molecular weight is 341 g/mol. The molecular formula is C17H15N3O5. The van der Waals surface area contributed by atoms with E-state index in [1.165, 1.54) is 12.1 Å². The molecule has 0 radical (unpaired) electrons. The van der Waals surface area contributed by atoms with Crippen molar-refractivity contribution < 1.29 is 19.4 Å². The number of amides is 1. The van der Waals surface area contributed by atoms with Gasteiger partial charge in [-0.2, -0.15) is 0 Å². The molecule has 0 spiro atoms. The molecule has 8 heteroatoms. The van der Waals surface area contributed by atoms with Crippen LogP contribution >= 0.6 is 0 Å². The molecule has 1 amide bonds. The van der Waals surface area contributed by atoms with E-state index in [4.69, 9.17) is 4.74 Å². The second-order valence-electron chi connectivity index (χ2n) is 5.48. The van der Waals surface area contributed by atoms with Gasteiger partial charge in [0.25, 0.3) is 5.91 Å². The maximum absolute atomic E-state index is 11.9. The van der Waals surface area contributed by atoms with E-state index in [2.05, 4.69) is 15.3 Å². The highest BCUT2D eigenvalue weighted by atomic mass is 16.5. The molecule has 2 aromatic carbocycles. The van der Waals surface area contributed by atoms with Gasteiger partial charge in [0.15, 0.2) is 6.61 Å². The van der Waals surface area contributed by atoms with Crippen LogP contribution in [-0.4, -0.2) is 33.6 Å². The summed E-state index contributed by atoms with van der Waals surface area (Å²) >= 11 is 0. The highest BCUT2D eigenvalue weighted by Gasteiger charge is 2.14. The number of H-pyrrole nitrogens is 2. The number of nitrogens with one attached hydrogen (secondary N) is 3. The molecule has 128 valence electrons. The lowest BCUT2D eigenvalue weighted by Gasteiger charge is -2.08. The van der Waals surface area contributed by atoms with Gasteiger partial charge in [-0.25, -0.2) is 9.59 Å². The Morgan fingerprint density at radius 3 is 2.64 bits per heavy atom. The molecule has 0 aliphatic rings. The molecule has 0 unspecified atom stereocenters. The predicted molar refractivity (Wildman–Crippen MR) is 90.7 cm³/mol. The Kier molecular flexibility index (Phi) is 4.25. The number of fused-ring (bicyclic) bond motifs is 1. The minimum atomic E-state index is -0.793. The first-order valence-electron chi connectivity index (χ1n) is 7.41. The van der Waals surface area contributed by atoms with Gasteiger partial charge in [-0.3, -0.25) is 4.79 Å². The van der Waals surface area contributed by atoms with Crippen molar-refractivity contribution in [2.75, 3.05) is 11.9 Å². The second-order valence-corrected chi connectivity index (χ2v) is 5.48. The molecule has 25 heavy (non-hydrogen) atoms. The van der Waals surface area contributed by atoms with Gasteiger partial charge in [-0.05, 0) is 42.8 Å². The quantitative estimate of drug-likeness (QED) is 0.537. The smallest absolute Gasteiger partial charge is 0.342 e. The van der Waals surface area contributed by atoms with Crippen molar-refractivity contribution in [1.29, 1.82) is 0 Å². The van der Waals surface area contributed by atoms with Gasteiger partial charge in [0.1, 0.15) is 11.3 Å². The summed E-state index contributed by atoms with van der Waals surface area (Å²) in [6.07, 6.45) is 0. The lowest BCUT2D eigenvalue weighted by molar-refractivity contribution is -0.119. The molecule has 0 atom stereocenters. The van der Waals surface area contributed by atoms with E-state index in [0.29, 0.717) is 16.7 Å². The second kappa shape index (κ2) is 6.52. The van der Waals surface area contributed by atoms with E-state index in [-0.39, 0.29) is 17.0 Å². The number of aromatic nitrogens is 2. The maximum atomic E-state index is 11.9. The molecule has 0 aliphatic heterocycles. The number of aryl methyl sites for hydroxylation is 1. The Balaban J connectivity index is 1.61. The molecular weight excluding hydrogens is 326 g/mol. The standard InChI is InChI=1S/C17H15N3O5/c1-9-2-4-11(14(21)6-9)16(23)25-8-15(22)18-10-3-5-12-13(7-10)20-17(24)19-12/h2-7,21H,8H2,1H3,(H,18,22)(H2,19,20,24). The molecule has 0 saturated heterocycles. The van der Waals surface area contributed by atoms with E-state index in [1.807, 2.05) is 0 Å². The first-order valence-corrected chi connectivity index (χ1v) is 7.41. The lowest BCUT2D eigenvalue weighted by atomic mass is 10.1. The van der Waals surface area contributed by atoms with Gasteiger partial charge in [0.05, 0.1) is 11.0 Å². The van der Waals surface area contributed by atoms with E-state index in [1.54, 1.807) is 31.2 Å². The predicted octanol–water partition coefficient (Wildman–Crippen LogP) is 1.67. The average Bonchev–Trinajstić information content (AvgIpc) is 2.92. The summed E-state index contributed by atoms with van der Waals surface area (Å²) in [5.74, 6) is -1.54. The zero-order valence-corrected chi connectivity index (χ0v) is 13.3. The fourth-order valence-corrected chi connectivity index (χ4v) is 2.33. The zero-order chi connectivity index (χ0) is 18.0. The van der Waals surface area contributed by atoms with E-state index < -0.39 is 18.5 Å². The number of imidazole rings is 1. The van der Waals surface area contributed by atoms with Crippen molar-refractivity contribution in [2.45, 2.75) is 6.92 Å². The van der Waals surface area contributed by atoms with Gasteiger partial charge in [-0.15, -0.1) is 0 Å². The van der Waals surface area contributed by atoms with Crippen molar-refractivity contribution in [3.05, 3.63) is 58.0 Å². The molecule has 4 N–H and O–H groups in total. The van der Waals surface area contributed by atoms with Gasteiger partial charge in [0, 0.05) is 5.69 Å². The fraction of sp³-hybridized carbons (Fsp3) is 0.118. The number of carbonyl (C=O) groups is 2. The molecule has 3 rings (SSSR count). The normalized spacial score (nSPS) is 10.6. The molecule has 0 aliphatic carbocycles. The van der Waals surface area contributed by atoms with Gasteiger partial charge in [0.2, 0.25) is 0 Å². The number of esters is 1. The topological polar surface area (TPSA) is 124 Å². The monoisotopic (exact) mass is 341 g/mol. The van der Waals surface area contributed by atoms with Gasteiger partial charge < -0.3 is 25.1 Å². The van der Waals surface area contributed by atoms with Crippen LogP contribution in [-0.2, 0) is 9.53 Å². The van der Waals surface area contributed by atoms with Crippen LogP contribution < -0.4 is 11.0 Å². The van der Waals surface area contributed by atoms with Crippen molar-refractivity contribution in [2.24, 2.45) is 0 Å². The summed E-state index contributed by atoms with van der Waals surface area (Å²) < 4.78 is 4.90. The van der Waals surface area contributed by atoms with Crippen LogP contribution in [0.15, 0.2) is 41.2 Å². The van der Waals surface area contributed by atoms with Gasteiger partial charge >= 0.3 is 11.7 Å². The number of hydrogen-bond acceptors (Lipinski definition) is 5. The third-order valence-electron chi connectivity index (χ3n) is 3.51. The zero-order valence-electron chi connectivity index (χ0n) is 13.3. The van der Waals surface area contributed by atoms with Gasteiger partial charge in [-0.1, -0.05) is 6.07 Å². The molecule has 1 aromatic heterocycles. The van der Waals surface area contributed by atoms with Crippen LogP contribution in [0.3, 0.4) is 0 Å². The Morgan fingerprint density at radius 1 is 1.12 bits per heavy atom. The molecule has 8 nitrogen and oxygen atoms in total. The van der Waals surface area contributed by atoms with Crippen LogP contribution in [0.2, 0.25) is 0 Å². The number of phenolic OH excluding ortho intramolecular Hbond substituents is 1. The molecule has 0 bridgehead atoms. The largest absolute Gasteiger partial charge is 0.507 e. The summed E-state index contributed by atoms with van der Waals surface area (Å²) in [7, 11) is 0. The fourth-order valence-electron chi connectivity index (χ4n) is 2.33. The molecule has 3 aromatic rings. The number of hydrogen-bond donors (Lipinski definition) is 4. The number of aromatic amines is 2. The van der Waals surface area contributed by atoms with Crippen LogP contribution in [0.5, 0.6) is 5.75 Å². The van der Waals surface area contributed by atoms with Crippen LogP contribution in [0.25, 0.3) is 11.0 Å². The van der Waals surface area contributed by atoms with Crippen molar-refractivity contribution in [1.82, 2.24) is 9.97 Å². The number of carbonyl (C=O) groups excluding carboxylic acids is 2. The maximum Gasteiger partial charge on any atom is 0.342 e. The van der Waals surface area contributed by atoms with Crippen LogP contribution in [0.1, 0.15) is 15.9 Å². The number of aromatic hydroxyl groups is 1. The number of anilines is 1. The highest BCUT2D eigenvalue weighted by molar-refractivity contribution is 5.97. The molecule has 0 fully saturated rings. The van der Waals surface area contributed by atoms with Crippen molar-refractivity contribution in [3.8, 4) is 5.75 Å². The summed E-state index contributed by atoms with van der Waals surface area (Å²) in [6.45, 7) is 1.27. The molecule has 0 saturated carbocycles. The Bertz CT molecular complexity index is 1020. The lowest BCUT2D eigenvalue weighted by Crippen LogP contribution is -2.21. The van der Waals surface area contributed by atoms with Crippen LogP contribution in [0, 0.1) is 6.92 Å². The minimum Gasteiger partial charge on any atom is -0.507 e. The first-order chi connectivity index (χ1) is 11.9. The minimum absolute atomic E-state index is 0.00952. The van der Waals surface area contributed by atoms with E-state index in [9.17, 15) is 19.5 Å². The summed E-state index contributed by atoms with van der Waals surface area (Å²) in [6, 6.07) is 9.35. The Hall–Kier alpha value is -3.55. The molecule has 1 heterocycles.